The lowest BCUT2D eigenvalue weighted by molar-refractivity contribution is 0.127. The average Bonchev–Trinajstić information content (AvgIpc) is 1.67. The smallest absolute Gasteiger partial charge is 0.0567 e. The van der Waals surface area contributed by atoms with Crippen molar-refractivity contribution in [2.24, 2.45) is 23.7 Å². The zero-order valence-electron chi connectivity index (χ0n) is 88.9. The van der Waals surface area contributed by atoms with E-state index in [-0.39, 0.29) is 0 Å². The number of para-hydroxylation sites is 9. The number of likely N-dealkylation sites (tertiary alicyclic amines) is 3. The van der Waals surface area contributed by atoms with Gasteiger partial charge in [-0.25, -0.2) is 0 Å². The lowest BCUT2D eigenvalue weighted by Crippen LogP contribution is -2.46. The van der Waals surface area contributed by atoms with Crippen molar-refractivity contribution in [3.8, 4) is 0 Å². The zero-order chi connectivity index (χ0) is 103. The van der Waals surface area contributed by atoms with E-state index < -0.39 is 0 Å². The Balaban J connectivity index is 0.000000105. The van der Waals surface area contributed by atoms with Crippen LogP contribution in [0.5, 0.6) is 0 Å². The highest BCUT2D eigenvalue weighted by atomic mass is 35.5. The maximum Gasteiger partial charge on any atom is 0.0567 e. The molecule has 766 valence electrons. The Kier molecular flexibility index (Phi) is 34.7. The Bertz CT molecular complexity index is 6820. The van der Waals surface area contributed by atoms with E-state index in [9.17, 15) is 0 Å². The van der Waals surface area contributed by atoms with Crippen molar-refractivity contribution < 1.29 is 0 Å². The lowest BCUT2D eigenvalue weighted by Gasteiger charge is -2.42. The van der Waals surface area contributed by atoms with Gasteiger partial charge in [0.1, 0.15) is 0 Å². The van der Waals surface area contributed by atoms with Crippen LogP contribution in [-0.4, -0.2) is 208 Å². The van der Waals surface area contributed by atoms with Crippen LogP contribution < -0.4 is 24.5 Å². The van der Waals surface area contributed by atoms with Crippen molar-refractivity contribution in [1.29, 1.82) is 0 Å². The first-order valence-corrected chi connectivity index (χ1v) is 58.3. The molecule has 0 N–H and O–H groups in total. The van der Waals surface area contributed by atoms with Gasteiger partial charge in [0.2, 0.25) is 0 Å². The molecule has 14 aromatic carbocycles. The molecule has 7 atom stereocenters. The number of piperidine rings is 2. The van der Waals surface area contributed by atoms with Gasteiger partial charge >= 0.3 is 0 Å². The third kappa shape index (κ3) is 24.6. The molecule has 26 rings (SSSR count). The molecule has 14 aromatic rings. The molecule has 12 aliphatic rings. The molecule has 0 spiro atoms. The Morgan fingerprint density at radius 1 is 0.362 bits per heavy atom. The average molecular weight is 2080 g/mol. The van der Waals surface area contributed by atoms with Gasteiger partial charge in [0, 0.05) is 144 Å². The van der Waals surface area contributed by atoms with Crippen molar-refractivity contribution in [1.82, 2.24) is 34.3 Å². The maximum absolute atomic E-state index is 6.21. The second kappa shape index (κ2) is 49.2. The summed E-state index contributed by atoms with van der Waals surface area (Å²) in [6, 6.07) is 124. The first kappa shape index (κ1) is 105. The first-order valence-electron chi connectivity index (χ1n) is 53.8. The maximum atomic E-state index is 6.21. The molecule has 9 heterocycles. The summed E-state index contributed by atoms with van der Waals surface area (Å²) in [7, 11) is 21.8. The lowest BCUT2D eigenvalue weighted by atomic mass is 9.86. The number of likely N-dealkylation sites (N-methyl/N-ethyl adjacent to an activating group) is 2. The Morgan fingerprint density at radius 3 is 1.24 bits per heavy atom. The molecule has 0 aromatic heterocycles. The van der Waals surface area contributed by atoms with Crippen molar-refractivity contribution in [3.05, 3.63) is 395 Å². The van der Waals surface area contributed by atoms with Crippen LogP contribution in [0.15, 0.2) is 400 Å². The van der Waals surface area contributed by atoms with Gasteiger partial charge in [-0.3, -0.25) is 0 Å². The van der Waals surface area contributed by atoms with Crippen LogP contribution in [0.3, 0.4) is 0 Å². The predicted octanol–water partition coefficient (Wildman–Crippen LogP) is 31.5. The molecule has 0 radical (unpaired) electrons. The molecule has 3 saturated heterocycles. The second-order valence-electron chi connectivity index (χ2n) is 42.7. The highest BCUT2D eigenvalue weighted by Crippen LogP contribution is 2.57. The molecule has 9 aliphatic heterocycles. The van der Waals surface area contributed by atoms with Gasteiger partial charge in [0.15, 0.2) is 0 Å². The Morgan fingerprint density at radius 2 is 0.779 bits per heavy atom. The molecular weight excluding hydrogens is 1940 g/mol. The fourth-order valence-corrected chi connectivity index (χ4v) is 29.4. The molecule has 4 fully saturated rings. The topological polar surface area (TPSA) is 38.9 Å². The molecule has 12 nitrogen and oxygen atoms in total. The molecular formula is C131H145ClN12S5. The summed E-state index contributed by atoms with van der Waals surface area (Å²) in [5, 5.41) is 0.798. The van der Waals surface area contributed by atoms with E-state index in [2.05, 4.69) is 489 Å². The first-order chi connectivity index (χ1) is 72.7. The number of halogens is 1. The van der Waals surface area contributed by atoms with Gasteiger partial charge in [-0.2, -0.15) is 0 Å². The van der Waals surface area contributed by atoms with Gasteiger partial charge in [0.25, 0.3) is 0 Å². The van der Waals surface area contributed by atoms with Crippen molar-refractivity contribution in [3.63, 3.8) is 0 Å². The number of hydrogen-bond acceptors (Lipinski definition) is 17. The number of anilines is 10. The van der Waals surface area contributed by atoms with E-state index in [0.29, 0.717) is 17.9 Å². The summed E-state index contributed by atoms with van der Waals surface area (Å²) in [6.07, 6.45) is 14.7. The number of rotatable bonds is 16. The van der Waals surface area contributed by atoms with Gasteiger partial charge in [-0.1, -0.05) is 307 Å². The standard InChI is InChI=1S/C21H24N2S.C21H21N.C19H19N.C18H20N2S.C18H22N2S.C17H19ClN2S.C17H20N2S/c1-22-13-12-15-10-11-17(22)16(15)14-23-18-6-2-4-8-20(18)24-21-9-5-3-7-19(21)23;1-22-14-12-18(13-15-22)21-19-8-4-2-6-16(19)10-11-17-7-3-5-9-20(17)21;1-20-12-11-16-15-9-5-6-10-17(15)19(18(16)13-20)14-7-3-2-4-8-14;1-19-11-10-14(12-19)13-20-15-6-2-4-8-17(15)21-18-9-5-3-7-16(18)20;1-14(12-19(2)3)13-20-15-8-4-6-10-17(15)21-18-11-7-5-9-16(18)20;1-19(2)10-5-11-20-14-6-3-4-7-16(14)21-17-9-8-13(18)12-15(17)20;1-13(18(2)3)12-19-14-8-4-6-10-16(14)20-17-11-7-5-9-15(17)19/h2-9,15-17H,10-14H2,1H3;2-11H,12-15H2,1H3;2-10,19H,11-13H2,1H3;2-9,14H,10-13H2,1H3;4-11,14H,12-13H2,1-3H3;3-4,6-9,12H,5,10-11H2,1-2H3;4-11,13H,12H2,1-3H3. The van der Waals surface area contributed by atoms with Crippen molar-refractivity contribution in [2.45, 2.75) is 132 Å². The Hall–Kier alpha value is -10.9. The summed E-state index contributed by atoms with van der Waals surface area (Å²) in [5.74, 6) is 3.56. The Labute approximate surface area is 914 Å². The van der Waals surface area contributed by atoms with E-state index in [0.717, 1.165) is 101 Å². The third-order valence-electron chi connectivity index (χ3n) is 31.4. The third-order valence-corrected chi connectivity index (χ3v) is 37.3. The summed E-state index contributed by atoms with van der Waals surface area (Å²) < 4.78 is 0. The van der Waals surface area contributed by atoms with Gasteiger partial charge < -0.3 is 58.8 Å². The fraction of sp³-hybridized carbons (Fsp3) is 0.313. The molecule has 3 aliphatic carbocycles. The van der Waals surface area contributed by atoms with Crippen LogP contribution in [0.1, 0.15) is 110 Å². The van der Waals surface area contributed by atoms with Crippen molar-refractivity contribution >= 4 is 151 Å². The second-order valence-corrected chi connectivity index (χ2v) is 48.6. The van der Waals surface area contributed by atoms with Crippen LogP contribution >= 0.6 is 70.4 Å². The summed E-state index contributed by atoms with van der Waals surface area (Å²) >= 11 is 15.6. The SMILES string of the molecule is CC(CN(C)C)CN1c2ccccc2Sc2ccccc21.CC(CN1c2ccccc2Sc2ccccc21)N(C)C.CN(C)CCCN1c2ccccc2Sc2ccc(Cl)cc21.CN1CCC(=C2c3ccccc3C=Cc3ccccc32)CC1.CN1CCC(CN2c3ccccc3Sc3ccccc32)C1.CN1CCC2=C(C1)C(c1ccccc1)c1ccccc12.CN1CCC2CCC1C2CN1c2ccccc2Sc2ccccc21. The van der Waals surface area contributed by atoms with Gasteiger partial charge in [0.05, 0.1) is 56.9 Å². The number of hydrogen-bond donors (Lipinski definition) is 0. The van der Waals surface area contributed by atoms with Crippen LogP contribution in [0.25, 0.3) is 23.3 Å². The minimum atomic E-state index is 0.463. The van der Waals surface area contributed by atoms with Crippen molar-refractivity contribution in [2.75, 3.05) is 187 Å². The molecule has 2 bridgehead atoms. The van der Waals surface area contributed by atoms with E-state index in [1.165, 1.54) is 221 Å². The number of fused-ring (bicyclic) bond motifs is 16. The molecule has 149 heavy (non-hydrogen) atoms. The van der Waals surface area contributed by atoms with Crippen LogP contribution in [0, 0.1) is 23.7 Å². The number of nitrogens with zero attached hydrogens (tertiary/aromatic N) is 12. The van der Waals surface area contributed by atoms with E-state index >= 15 is 0 Å². The quantitative estimate of drug-likeness (QED) is 0.0921. The predicted molar refractivity (Wildman–Crippen MR) is 640 cm³/mol. The highest BCUT2D eigenvalue weighted by Gasteiger charge is 2.44. The normalized spacial score (nSPS) is 19.1. The van der Waals surface area contributed by atoms with Gasteiger partial charge in [-0.15, -0.1) is 0 Å². The minimum absolute atomic E-state index is 0.463. The largest absolute Gasteiger partial charge is 0.340 e. The zero-order valence-corrected chi connectivity index (χ0v) is 93.7. The summed E-state index contributed by atoms with van der Waals surface area (Å²) in [6.45, 7) is 20.5. The molecule has 1 saturated carbocycles. The van der Waals surface area contributed by atoms with Crippen LogP contribution in [-0.2, 0) is 0 Å². The monoisotopic (exact) mass is 2080 g/mol. The van der Waals surface area contributed by atoms with E-state index in [1.807, 2.05) is 64.9 Å². The molecule has 0 amide bonds. The minimum Gasteiger partial charge on any atom is -0.340 e. The molecule has 7 unspecified atom stereocenters. The van der Waals surface area contributed by atoms with E-state index in [1.54, 1.807) is 16.7 Å². The summed E-state index contributed by atoms with van der Waals surface area (Å²) in [5.41, 5.74) is 29.6. The number of benzene rings is 14. The summed E-state index contributed by atoms with van der Waals surface area (Å²) in [4.78, 5) is 42.7. The van der Waals surface area contributed by atoms with E-state index in [4.69, 9.17) is 11.6 Å². The highest BCUT2D eigenvalue weighted by molar-refractivity contribution is 8.00. The fourth-order valence-electron chi connectivity index (χ4n) is 23.7. The van der Waals surface area contributed by atoms with Gasteiger partial charge in [-0.05, 0) is 355 Å². The van der Waals surface area contributed by atoms with Crippen LogP contribution in [0.4, 0.5) is 56.9 Å². The van der Waals surface area contributed by atoms with Crippen LogP contribution in [0.2, 0.25) is 5.02 Å². The molecule has 18 heteroatoms.